The molecule has 0 saturated heterocycles. The third-order valence-electron chi connectivity index (χ3n) is 2.51. The molecule has 0 aliphatic carbocycles. The Labute approximate surface area is 100 Å². The van der Waals surface area contributed by atoms with E-state index < -0.39 is 0 Å². The topological polar surface area (TPSA) is 47.6 Å². The highest BCUT2D eigenvalue weighted by Gasteiger charge is 2.18. The van der Waals surface area contributed by atoms with E-state index in [4.69, 9.17) is 22.1 Å². The molecule has 3 nitrogen and oxygen atoms in total. The smallest absolute Gasteiger partial charge is 0.188 e. The van der Waals surface area contributed by atoms with Crippen LogP contribution in [0.4, 0.5) is 0 Å². The van der Waals surface area contributed by atoms with E-state index in [1.165, 1.54) is 0 Å². The minimum absolute atomic E-state index is 0.166. The number of hydrogen-bond acceptors (Lipinski definition) is 3. The molecule has 4 heteroatoms. The Hall–Kier alpha value is -1.06. The highest BCUT2D eigenvalue weighted by atomic mass is 35.5. The van der Waals surface area contributed by atoms with Crippen molar-refractivity contribution in [3.63, 3.8) is 0 Å². The Morgan fingerprint density at radius 1 is 1.50 bits per heavy atom. The lowest BCUT2D eigenvalue weighted by atomic mass is 10.1. The molecular weight excluding hydrogens is 224 g/mol. The van der Waals surface area contributed by atoms with E-state index >= 15 is 0 Å². The van der Waals surface area contributed by atoms with E-state index in [9.17, 15) is 0 Å². The molecular formula is C12H15ClN2O. The minimum atomic E-state index is 0.166. The lowest BCUT2D eigenvalue weighted by Gasteiger charge is -2.09. The molecule has 1 aliphatic rings. The first-order chi connectivity index (χ1) is 7.78. The maximum Gasteiger partial charge on any atom is 0.188 e. The number of benzene rings is 1. The summed E-state index contributed by atoms with van der Waals surface area (Å²) in [5, 5.41) is 0.745. The average Bonchev–Trinajstić information content (AvgIpc) is 2.66. The Morgan fingerprint density at radius 3 is 3.12 bits per heavy atom. The molecule has 0 spiro atoms. The monoisotopic (exact) mass is 238 g/mol. The summed E-state index contributed by atoms with van der Waals surface area (Å²) in [4.78, 5) is 4.36. The minimum Gasteiger partial charge on any atom is -0.475 e. The summed E-state index contributed by atoms with van der Waals surface area (Å²) in [5.74, 6) is 0.792. The fourth-order valence-corrected chi connectivity index (χ4v) is 1.94. The van der Waals surface area contributed by atoms with E-state index in [1.54, 1.807) is 0 Å². The molecule has 1 aromatic rings. The van der Waals surface area contributed by atoms with Gasteiger partial charge in [0.05, 0.1) is 6.54 Å². The van der Waals surface area contributed by atoms with Gasteiger partial charge in [-0.2, -0.15) is 0 Å². The van der Waals surface area contributed by atoms with Crippen molar-refractivity contribution in [3.05, 3.63) is 34.9 Å². The van der Waals surface area contributed by atoms with Crippen LogP contribution < -0.4 is 5.73 Å². The normalized spacial score (nSPS) is 19.4. The molecule has 0 fully saturated rings. The second-order valence-corrected chi connectivity index (χ2v) is 4.29. The van der Waals surface area contributed by atoms with Crippen molar-refractivity contribution in [2.75, 3.05) is 13.1 Å². The van der Waals surface area contributed by atoms with Gasteiger partial charge in [0.25, 0.3) is 0 Å². The Kier molecular flexibility index (Phi) is 3.80. The van der Waals surface area contributed by atoms with Crippen molar-refractivity contribution in [2.24, 2.45) is 10.7 Å². The van der Waals surface area contributed by atoms with Gasteiger partial charge in [-0.15, -0.1) is 0 Å². The quantitative estimate of drug-likeness (QED) is 0.873. The Balaban J connectivity index is 1.92. The first-order valence-corrected chi connectivity index (χ1v) is 5.80. The van der Waals surface area contributed by atoms with Crippen LogP contribution in [0.3, 0.4) is 0 Å². The lowest BCUT2D eigenvalue weighted by Crippen LogP contribution is -2.18. The third-order valence-corrected chi connectivity index (χ3v) is 2.74. The number of hydrogen-bond donors (Lipinski definition) is 1. The molecule has 16 heavy (non-hydrogen) atoms. The summed E-state index contributed by atoms with van der Waals surface area (Å²) < 4.78 is 5.67. The fraction of sp³-hybridized carbons (Fsp3) is 0.417. The van der Waals surface area contributed by atoms with Gasteiger partial charge in [-0.3, -0.25) is 4.99 Å². The lowest BCUT2D eigenvalue weighted by molar-refractivity contribution is 0.212. The molecule has 1 aliphatic heterocycles. The zero-order chi connectivity index (χ0) is 11.4. The van der Waals surface area contributed by atoms with E-state index in [2.05, 4.69) is 4.99 Å². The number of nitrogens with zero attached hydrogens (tertiary/aromatic N) is 1. The summed E-state index contributed by atoms with van der Waals surface area (Å²) in [6.45, 7) is 1.37. The first-order valence-electron chi connectivity index (χ1n) is 5.42. The van der Waals surface area contributed by atoms with Crippen molar-refractivity contribution in [3.8, 4) is 0 Å². The van der Waals surface area contributed by atoms with Crippen LogP contribution in [0.2, 0.25) is 5.02 Å². The highest BCUT2D eigenvalue weighted by molar-refractivity contribution is 6.30. The molecule has 0 amide bonds. The fourth-order valence-electron chi connectivity index (χ4n) is 1.73. The van der Waals surface area contributed by atoms with Crippen LogP contribution in [0.25, 0.3) is 0 Å². The van der Waals surface area contributed by atoms with E-state index in [0.717, 1.165) is 29.4 Å². The number of ether oxygens (including phenoxy) is 1. The van der Waals surface area contributed by atoms with Gasteiger partial charge in [-0.05, 0) is 30.7 Å². The molecule has 2 rings (SSSR count). The van der Waals surface area contributed by atoms with E-state index in [0.29, 0.717) is 13.0 Å². The van der Waals surface area contributed by atoms with Gasteiger partial charge >= 0.3 is 0 Å². The van der Waals surface area contributed by atoms with Gasteiger partial charge in [-0.25, -0.2) is 0 Å². The van der Waals surface area contributed by atoms with Crippen LogP contribution in [-0.4, -0.2) is 25.1 Å². The van der Waals surface area contributed by atoms with E-state index in [-0.39, 0.29) is 6.10 Å². The van der Waals surface area contributed by atoms with Crippen molar-refractivity contribution in [1.29, 1.82) is 0 Å². The van der Waals surface area contributed by atoms with Gasteiger partial charge in [0.15, 0.2) is 5.90 Å². The molecule has 1 atom stereocenters. The van der Waals surface area contributed by atoms with E-state index in [1.807, 2.05) is 24.3 Å². The highest BCUT2D eigenvalue weighted by Crippen LogP contribution is 2.15. The molecule has 0 bridgehead atoms. The summed E-state index contributed by atoms with van der Waals surface area (Å²) in [6, 6.07) is 7.75. The van der Waals surface area contributed by atoms with Crippen LogP contribution in [0.1, 0.15) is 12.0 Å². The summed E-state index contributed by atoms with van der Waals surface area (Å²) in [7, 11) is 0. The second-order valence-electron chi connectivity index (χ2n) is 3.86. The summed E-state index contributed by atoms with van der Waals surface area (Å²) in [6.07, 6.45) is 1.74. The van der Waals surface area contributed by atoms with Crippen LogP contribution in [0, 0.1) is 0 Å². The zero-order valence-electron chi connectivity index (χ0n) is 9.03. The molecule has 0 radical (unpaired) electrons. The standard InChI is InChI=1S/C12H15ClN2O/c13-10-3-1-2-9(6-10)7-12-15-8-11(16-12)4-5-14/h1-3,6,11H,4-5,7-8,14H2. The van der Waals surface area contributed by atoms with Crippen LogP contribution >= 0.6 is 11.6 Å². The number of nitrogens with two attached hydrogens (primary N) is 1. The predicted molar refractivity (Wildman–Crippen MR) is 66.0 cm³/mol. The van der Waals surface area contributed by atoms with Gasteiger partial charge < -0.3 is 10.5 Å². The van der Waals surface area contributed by atoms with Gasteiger partial charge in [-0.1, -0.05) is 23.7 Å². The van der Waals surface area contributed by atoms with Crippen molar-refractivity contribution >= 4 is 17.5 Å². The number of halogens is 1. The SMILES string of the molecule is NCCC1CN=C(Cc2cccc(Cl)c2)O1. The molecule has 1 heterocycles. The largest absolute Gasteiger partial charge is 0.475 e. The molecule has 0 saturated carbocycles. The molecule has 1 aromatic carbocycles. The predicted octanol–water partition coefficient (Wildman–Crippen LogP) is 2.03. The molecule has 1 unspecified atom stereocenters. The van der Waals surface area contributed by atoms with Crippen LogP contribution in [0.15, 0.2) is 29.3 Å². The van der Waals surface area contributed by atoms with Crippen molar-refractivity contribution < 1.29 is 4.74 Å². The molecule has 86 valence electrons. The average molecular weight is 239 g/mol. The zero-order valence-corrected chi connectivity index (χ0v) is 9.78. The number of rotatable bonds is 4. The first kappa shape index (κ1) is 11.4. The Morgan fingerprint density at radius 2 is 2.38 bits per heavy atom. The number of aliphatic imine (C=N–C) groups is 1. The van der Waals surface area contributed by atoms with Crippen LogP contribution in [-0.2, 0) is 11.2 Å². The van der Waals surface area contributed by atoms with Crippen molar-refractivity contribution in [2.45, 2.75) is 18.9 Å². The summed E-state index contributed by atoms with van der Waals surface area (Å²) >= 11 is 5.91. The second kappa shape index (κ2) is 5.32. The summed E-state index contributed by atoms with van der Waals surface area (Å²) in [5.41, 5.74) is 6.60. The van der Waals surface area contributed by atoms with Gasteiger partial charge in [0.1, 0.15) is 6.10 Å². The van der Waals surface area contributed by atoms with Gasteiger partial charge in [0.2, 0.25) is 0 Å². The maximum atomic E-state index is 5.91. The molecule has 0 aromatic heterocycles. The van der Waals surface area contributed by atoms with Crippen LogP contribution in [0.5, 0.6) is 0 Å². The Bertz CT molecular complexity index is 392. The molecule has 2 N–H and O–H groups in total. The van der Waals surface area contributed by atoms with Crippen molar-refractivity contribution in [1.82, 2.24) is 0 Å². The third kappa shape index (κ3) is 2.97. The van der Waals surface area contributed by atoms with Gasteiger partial charge in [0, 0.05) is 11.4 Å². The maximum absolute atomic E-state index is 5.91.